The number of hydrogen-bond donors (Lipinski definition) is 2. The third-order valence-electron chi connectivity index (χ3n) is 3.51. The summed E-state index contributed by atoms with van der Waals surface area (Å²) in [6.45, 7) is 0. The molecule has 2 N–H and O–H groups in total. The summed E-state index contributed by atoms with van der Waals surface area (Å²) in [5.41, 5.74) is 0.530. The topological polar surface area (TPSA) is 49.3 Å². The monoisotopic (exact) mass is 301 g/mol. The Labute approximate surface area is 122 Å². The number of aromatic hydroxyl groups is 1. The molecule has 0 saturated heterocycles. The van der Waals surface area contributed by atoms with E-state index in [1.807, 2.05) is 0 Å². The average molecular weight is 302 g/mol. The van der Waals surface area contributed by atoms with Gasteiger partial charge >= 0.3 is 0 Å². The van der Waals surface area contributed by atoms with E-state index >= 15 is 0 Å². The van der Waals surface area contributed by atoms with Gasteiger partial charge in [0.1, 0.15) is 0 Å². The number of amides is 1. The van der Waals surface area contributed by atoms with Crippen LogP contribution in [0.2, 0.25) is 10.0 Å². The highest BCUT2D eigenvalue weighted by Gasteiger charge is 2.20. The molecule has 0 radical (unpaired) electrons. The Morgan fingerprint density at radius 3 is 2.16 bits per heavy atom. The van der Waals surface area contributed by atoms with E-state index in [9.17, 15) is 9.90 Å². The Morgan fingerprint density at radius 1 is 1.11 bits per heavy atom. The second kappa shape index (κ2) is 6.49. The molecule has 1 saturated carbocycles. The van der Waals surface area contributed by atoms with E-state index in [0.717, 1.165) is 25.7 Å². The van der Waals surface area contributed by atoms with Crippen molar-refractivity contribution in [3.8, 4) is 5.75 Å². The van der Waals surface area contributed by atoms with Crippen molar-refractivity contribution in [2.75, 3.05) is 5.32 Å². The number of anilines is 1. The first-order chi connectivity index (χ1) is 9.08. The zero-order valence-electron chi connectivity index (χ0n) is 10.6. The van der Waals surface area contributed by atoms with Crippen LogP contribution in [0.25, 0.3) is 0 Å². The Morgan fingerprint density at radius 2 is 1.63 bits per heavy atom. The van der Waals surface area contributed by atoms with Crippen LogP contribution in [0.4, 0.5) is 5.69 Å². The summed E-state index contributed by atoms with van der Waals surface area (Å²) in [7, 11) is 0. The summed E-state index contributed by atoms with van der Waals surface area (Å²) < 4.78 is 0. The van der Waals surface area contributed by atoms with Crippen LogP contribution in [0.1, 0.15) is 38.5 Å². The van der Waals surface area contributed by atoms with Gasteiger partial charge < -0.3 is 10.4 Å². The summed E-state index contributed by atoms with van der Waals surface area (Å²) in [5.74, 6) is -0.0793. The minimum atomic E-state index is -0.157. The lowest BCUT2D eigenvalue weighted by molar-refractivity contribution is -0.120. The first-order valence-electron chi connectivity index (χ1n) is 6.57. The van der Waals surface area contributed by atoms with Crippen LogP contribution in [-0.2, 0) is 4.79 Å². The third-order valence-corrected chi connectivity index (χ3v) is 4.09. The van der Waals surface area contributed by atoms with E-state index in [4.69, 9.17) is 23.2 Å². The highest BCUT2D eigenvalue weighted by Crippen LogP contribution is 2.35. The van der Waals surface area contributed by atoms with Gasteiger partial charge in [0.05, 0.1) is 10.0 Å². The van der Waals surface area contributed by atoms with E-state index < -0.39 is 0 Å². The SMILES string of the molecule is O=C(Nc1cc(Cl)c(O)c(Cl)c1)C1CCCCCC1. The van der Waals surface area contributed by atoms with E-state index in [2.05, 4.69) is 5.32 Å². The van der Waals surface area contributed by atoms with Crippen molar-refractivity contribution < 1.29 is 9.90 Å². The smallest absolute Gasteiger partial charge is 0.227 e. The minimum Gasteiger partial charge on any atom is -0.505 e. The Kier molecular flexibility index (Phi) is 4.94. The van der Waals surface area contributed by atoms with Crippen LogP contribution in [0, 0.1) is 5.92 Å². The molecule has 2 rings (SSSR count). The maximum atomic E-state index is 12.2. The molecule has 1 aromatic rings. The van der Waals surface area contributed by atoms with Gasteiger partial charge in [0, 0.05) is 11.6 Å². The van der Waals surface area contributed by atoms with Crippen molar-refractivity contribution in [1.82, 2.24) is 0 Å². The maximum absolute atomic E-state index is 12.2. The van der Waals surface area contributed by atoms with Crippen LogP contribution in [0.15, 0.2) is 12.1 Å². The van der Waals surface area contributed by atoms with Crippen LogP contribution < -0.4 is 5.32 Å². The Balaban J connectivity index is 2.05. The van der Waals surface area contributed by atoms with E-state index in [1.54, 1.807) is 0 Å². The number of carbonyl (C=O) groups excluding carboxylic acids is 1. The third kappa shape index (κ3) is 3.77. The molecule has 0 unspecified atom stereocenters. The molecule has 1 aliphatic carbocycles. The minimum absolute atomic E-state index is 0.0136. The molecule has 0 bridgehead atoms. The molecule has 5 heteroatoms. The largest absolute Gasteiger partial charge is 0.505 e. The number of hydrogen-bond acceptors (Lipinski definition) is 2. The Bertz CT molecular complexity index is 446. The van der Waals surface area contributed by atoms with Gasteiger partial charge in [-0.15, -0.1) is 0 Å². The number of carbonyl (C=O) groups is 1. The molecule has 0 heterocycles. The zero-order chi connectivity index (χ0) is 13.8. The average Bonchev–Trinajstić information content (AvgIpc) is 2.64. The van der Waals surface area contributed by atoms with Crippen molar-refractivity contribution in [3.63, 3.8) is 0 Å². The quantitative estimate of drug-likeness (QED) is 0.619. The van der Waals surface area contributed by atoms with Gasteiger partial charge in [0.2, 0.25) is 5.91 Å². The second-order valence-corrected chi connectivity index (χ2v) is 5.78. The van der Waals surface area contributed by atoms with Gasteiger partial charge in [-0.2, -0.15) is 0 Å². The molecule has 0 atom stereocenters. The standard InChI is InChI=1S/C14H17Cl2NO2/c15-11-7-10(8-12(16)13(11)18)17-14(19)9-5-3-1-2-4-6-9/h7-9,18H,1-6H2,(H,17,19). The molecule has 1 amide bonds. The van der Waals surface area contributed by atoms with E-state index in [0.29, 0.717) is 5.69 Å². The van der Waals surface area contributed by atoms with Crippen molar-refractivity contribution in [3.05, 3.63) is 22.2 Å². The lowest BCUT2D eigenvalue weighted by Crippen LogP contribution is -2.22. The lowest BCUT2D eigenvalue weighted by Gasteiger charge is -2.14. The predicted molar refractivity (Wildman–Crippen MR) is 77.9 cm³/mol. The van der Waals surface area contributed by atoms with Gasteiger partial charge in [-0.05, 0) is 25.0 Å². The van der Waals surface area contributed by atoms with Gasteiger partial charge in [-0.3, -0.25) is 4.79 Å². The first kappa shape index (κ1) is 14.5. The highest BCUT2D eigenvalue weighted by atomic mass is 35.5. The molecule has 104 valence electrons. The first-order valence-corrected chi connectivity index (χ1v) is 7.32. The number of phenols is 1. The number of halogens is 2. The van der Waals surface area contributed by atoms with Crippen LogP contribution in [-0.4, -0.2) is 11.0 Å². The molecule has 0 spiro atoms. The summed E-state index contributed by atoms with van der Waals surface area (Å²) in [4.78, 5) is 12.2. The molecule has 0 aromatic heterocycles. The summed E-state index contributed by atoms with van der Waals surface area (Å²) in [6.07, 6.45) is 6.50. The summed E-state index contributed by atoms with van der Waals surface area (Å²) in [5, 5.41) is 12.6. The molecule has 1 fully saturated rings. The lowest BCUT2D eigenvalue weighted by atomic mass is 9.99. The van der Waals surface area contributed by atoms with Crippen molar-refractivity contribution >= 4 is 34.8 Å². The van der Waals surface area contributed by atoms with Gasteiger partial charge in [-0.1, -0.05) is 48.9 Å². The molecule has 0 aliphatic heterocycles. The number of phenolic OH excluding ortho intramolecular Hbond substituents is 1. The van der Waals surface area contributed by atoms with Crippen LogP contribution in [0.3, 0.4) is 0 Å². The van der Waals surface area contributed by atoms with E-state index in [1.165, 1.54) is 25.0 Å². The fourth-order valence-corrected chi connectivity index (χ4v) is 2.91. The normalized spacial score (nSPS) is 16.9. The molecule has 3 nitrogen and oxygen atoms in total. The van der Waals surface area contributed by atoms with Gasteiger partial charge in [0.25, 0.3) is 0 Å². The van der Waals surface area contributed by atoms with E-state index in [-0.39, 0.29) is 27.6 Å². The van der Waals surface area contributed by atoms with Crippen LogP contribution in [0.5, 0.6) is 5.75 Å². The number of benzene rings is 1. The summed E-state index contributed by atoms with van der Waals surface area (Å²) >= 11 is 11.7. The number of rotatable bonds is 2. The van der Waals surface area contributed by atoms with Crippen molar-refractivity contribution in [1.29, 1.82) is 0 Å². The predicted octanol–water partition coefficient (Wildman–Crippen LogP) is 4.61. The second-order valence-electron chi connectivity index (χ2n) is 4.97. The van der Waals surface area contributed by atoms with Crippen molar-refractivity contribution in [2.45, 2.75) is 38.5 Å². The van der Waals surface area contributed by atoms with Gasteiger partial charge in [-0.25, -0.2) is 0 Å². The zero-order valence-corrected chi connectivity index (χ0v) is 12.1. The molecular formula is C14H17Cl2NO2. The molecular weight excluding hydrogens is 285 g/mol. The van der Waals surface area contributed by atoms with Crippen molar-refractivity contribution in [2.24, 2.45) is 5.92 Å². The fraction of sp³-hybridized carbons (Fsp3) is 0.500. The molecule has 1 aromatic carbocycles. The maximum Gasteiger partial charge on any atom is 0.227 e. The Hall–Kier alpha value is -0.930. The van der Waals surface area contributed by atoms with Gasteiger partial charge in [0.15, 0.2) is 5.75 Å². The fourth-order valence-electron chi connectivity index (χ4n) is 2.42. The summed E-state index contributed by atoms with van der Waals surface area (Å²) in [6, 6.07) is 3.02. The molecule has 1 aliphatic rings. The molecule has 19 heavy (non-hydrogen) atoms. The number of nitrogens with one attached hydrogen (secondary N) is 1. The highest BCUT2D eigenvalue weighted by molar-refractivity contribution is 6.37. The van der Waals surface area contributed by atoms with Crippen LogP contribution >= 0.6 is 23.2 Å².